The number of nitrogens with zero attached hydrogens (tertiary/aromatic N) is 4. The van der Waals surface area contributed by atoms with Gasteiger partial charge in [-0.2, -0.15) is 0 Å². The largest absolute Gasteiger partial charge is 0.476 e. The fourth-order valence-electron chi connectivity index (χ4n) is 2.04. The van der Waals surface area contributed by atoms with Gasteiger partial charge in [-0.25, -0.2) is 14.8 Å². The number of carbonyl (C=O) groups is 1. The molecule has 3 rings (SSSR count). The molecule has 0 unspecified atom stereocenters. The molecule has 0 aliphatic carbocycles. The summed E-state index contributed by atoms with van der Waals surface area (Å²) in [5, 5.41) is 14.2. The summed E-state index contributed by atoms with van der Waals surface area (Å²) in [5.74, 6) is -0.512. The molecule has 0 radical (unpaired) electrons. The lowest BCUT2D eigenvalue weighted by molar-refractivity contribution is 0.0690. The first-order chi connectivity index (χ1) is 9.56. The number of imidazole rings is 1. The minimum atomic E-state index is -0.979. The van der Waals surface area contributed by atoms with Gasteiger partial charge in [0.25, 0.3) is 0 Å². The Morgan fingerprint density at radius 2 is 2.25 bits per heavy atom. The number of anilines is 1. The molecule has 0 bridgehead atoms. The van der Waals surface area contributed by atoms with Crippen LogP contribution in [0.15, 0.2) is 17.0 Å². The Morgan fingerprint density at radius 3 is 2.90 bits per heavy atom. The molecule has 0 aromatic carbocycles. The summed E-state index contributed by atoms with van der Waals surface area (Å²) in [5.41, 5.74) is 1.11. The lowest BCUT2D eigenvalue weighted by Crippen LogP contribution is -2.20. The number of aromatic nitrogens is 3. The van der Waals surface area contributed by atoms with Crippen LogP contribution in [0.1, 0.15) is 21.2 Å². The molecule has 20 heavy (non-hydrogen) atoms. The summed E-state index contributed by atoms with van der Waals surface area (Å²) < 4.78 is 1.60. The van der Waals surface area contributed by atoms with E-state index in [2.05, 4.69) is 9.97 Å². The van der Waals surface area contributed by atoms with Gasteiger partial charge in [0, 0.05) is 24.0 Å². The number of carboxylic acids is 1. The van der Waals surface area contributed by atoms with E-state index in [4.69, 9.17) is 0 Å². The zero-order chi connectivity index (χ0) is 14.3. The van der Waals surface area contributed by atoms with Crippen LogP contribution in [0.2, 0.25) is 0 Å². The molecule has 6 nitrogen and oxygen atoms in total. The summed E-state index contributed by atoms with van der Waals surface area (Å²) in [4.78, 5) is 22.7. The molecule has 0 saturated carbocycles. The number of thiazole rings is 2. The van der Waals surface area contributed by atoms with E-state index in [-0.39, 0.29) is 5.69 Å². The Morgan fingerprint density at radius 1 is 1.45 bits per heavy atom. The van der Waals surface area contributed by atoms with Gasteiger partial charge >= 0.3 is 5.97 Å². The molecule has 3 aromatic heterocycles. The molecule has 8 heteroatoms. The number of hydrogen-bond acceptors (Lipinski definition) is 6. The second-order valence-corrected chi connectivity index (χ2v) is 6.29. The number of rotatable bonds is 4. The lowest BCUT2D eigenvalue weighted by atomic mass is 10.3. The molecule has 0 spiro atoms. The second-order valence-electron chi connectivity index (χ2n) is 4.36. The van der Waals surface area contributed by atoms with Crippen molar-refractivity contribution in [3.63, 3.8) is 0 Å². The van der Waals surface area contributed by atoms with Crippen molar-refractivity contribution in [3.05, 3.63) is 33.4 Å². The van der Waals surface area contributed by atoms with E-state index in [9.17, 15) is 9.90 Å². The predicted octanol–water partition coefficient (Wildman–Crippen LogP) is 2.50. The minimum absolute atomic E-state index is 0.190. The number of hydrogen-bond donors (Lipinski definition) is 1. The van der Waals surface area contributed by atoms with Crippen molar-refractivity contribution in [1.82, 2.24) is 14.4 Å². The van der Waals surface area contributed by atoms with E-state index < -0.39 is 5.97 Å². The molecular formula is C12H12N4O2S2. The van der Waals surface area contributed by atoms with Gasteiger partial charge in [-0.15, -0.1) is 22.7 Å². The fraction of sp³-hybridized carbons (Fsp3) is 0.250. The van der Waals surface area contributed by atoms with Gasteiger partial charge in [0.2, 0.25) is 0 Å². The van der Waals surface area contributed by atoms with E-state index in [0.29, 0.717) is 17.3 Å². The van der Waals surface area contributed by atoms with Crippen LogP contribution in [-0.4, -0.2) is 32.5 Å². The Hall–Kier alpha value is -1.93. The Balaban J connectivity index is 1.98. The third kappa shape index (κ3) is 2.16. The van der Waals surface area contributed by atoms with E-state index in [1.165, 1.54) is 11.3 Å². The van der Waals surface area contributed by atoms with Crippen LogP contribution in [0.4, 0.5) is 5.82 Å². The standard InChI is InChI=1S/C12H12N4O2S2/c1-7-13-8(6-20-7)5-15(2)10-9(11(17)18)16-3-4-19-12(16)14-10/h3-4,6H,5H2,1-2H3,(H,17,18). The van der Waals surface area contributed by atoms with Gasteiger partial charge in [-0.3, -0.25) is 4.40 Å². The highest BCUT2D eigenvalue weighted by molar-refractivity contribution is 7.15. The zero-order valence-electron chi connectivity index (χ0n) is 10.9. The normalized spacial score (nSPS) is 11.1. The van der Waals surface area contributed by atoms with Crippen LogP contribution in [0, 0.1) is 6.92 Å². The Kier molecular flexibility index (Phi) is 3.19. The average Bonchev–Trinajstić information content (AvgIpc) is 3.02. The van der Waals surface area contributed by atoms with Crippen molar-refractivity contribution in [3.8, 4) is 0 Å². The summed E-state index contributed by atoms with van der Waals surface area (Å²) in [6.45, 7) is 2.49. The van der Waals surface area contributed by atoms with Gasteiger partial charge < -0.3 is 10.0 Å². The first kappa shape index (κ1) is 13.1. The van der Waals surface area contributed by atoms with E-state index in [1.807, 2.05) is 29.6 Å². The molecule has 0 atom stereocenters. The number of carboxylic acid groups (broad SMARTS) is 1. The number of fused-ring (bicyclic) bond motifs is 1. The van der Waals surface area contributed by atoms with Gasteiger partial charge in [0.1, 0.15) is 0 Å². The summed E-state index contributed by atoms with van der Waals surface area (Å²) >= 11 is 3.00. The van der Waals surface area contributed by atoms with Crippen molar-refractivity contribution >= 4 is 39.4 Å². The van der Waals surface area contributed by atoms with Gasteiger partial charge in [-0.05, 0) is 6.92 Å². The van der Waals surface area contributed by atoms with Crippen LogP contribution in [0.25, 0.3) is 4.96 Å². The monoisotopic (exact) mass is 308 g/mol. The maximum atomic E-state index is 11.5. The quantitative estimate of drug-likeness (QED) is 0.802. The smallest absolute Gasteiger partial charge is 0.356 e. The molecule has 0 fully saturated rings. The van der Waals surface area contributed by atoms with Crippen molar-refractivity contribution in [1.29, 1.82) is 0 Å². The van der Waals surface area contributed by atoms with Crippen LogP contribution in [0.3, 0.4) is 0 Å². The predicted molar refractivity (Wildman–Crippen MR) is 79.0 cm³/mol. The Labute approximate surface area is 123 Å². The molecule has 0 saturated heterocycles. The van der Waals surface area contributed by atoms with E-state index >= 15 is 0 Å². The molecular weight excluding hydrogens is 296 g/mol. The molecule has 104 valence electrons. The third-order valence-electron chi connectivity index (χ3n) is 2.87. The fourth-order valence-corrected chi connectivity index (χ4v) is 3.35. The highest BCUT2D eigenvalue weighted by Crippen LogP contribution is 2.25. The van der Waals surface area contributed by atoms with E-state index in [0.717, 1.165) is 10.7 Å². The molecule has 1 N–H and O–H groups in total. The first-order valence-electron chi connectivity index (χ1n) is 5.87. The van der Waals surface area contributed by atoms with Gasteiger partial charge in [0.15, 0.2) is 16.5 Å². The maximum Gasteiger partial charge on any atom is 0.356 e. The van der Waals surface area contributed by atoms with Gasteiger partial charge in [-0.1, -0.05) is 0 Å². The summed E-state index contributed by atoms with van der Waals surface area (Å²) in [7, 11) is 1.83. The second kappa shape index (κ2) is 4.88. The number of aromatic carboxylic acids is 1. The average molecular weight is 308 g/mol. The first-order valence-corrected chi connectivity index (χ1v) is 7.63. The van der Waals surface area contributed by atoms with Crippen molar-refractivity contribution in [2.45, 2.75) is 13.5 Å². The van der Waals surface area contributed by atoms with Crippen molar-refractivity contribution < 1.29 is 9.90 Å². The SMILES string of the molecule is Cc1nc(CN(C)c2nc3sccn3c2C(=O)O)cs1. The highest BCUT2D eigenvalue weighted by Gasteiger charge is 2.22. The van der Waals surface area contributed by atoms with Crippen LogP contribution < -0.4 is 4.90 Å². The molecule has 0 amide bonds. The van der Waals surface area contributed by atoms with Crippen molar-refractivity contribution in [2.24, 2.45) is 0 Å². The molecule has 0 aliphatic rings. The molecule has 3 aromatic rings. The van der Waals surface area contributed by atoms with Crippen LogP contribution >= 0.6 is 22.7 Å². The van der Waals surface area contributed by atoms with Crippen molar-refractivity contribution in [2.75, 3.05) is 11.9 Å². The van der Waals surface area contributed by atoms with Crippen LogP contribution in [-0.2, 0) is 6.54 Å². The van der Waals surface area contributed by atoms with Gasteiger partial charge in [0.05, 0.1) is 17.2 Å². The summed E-state index contributed by atoms with van der Waals surface area (Å²) in [6.07, 6.45) is 1.72. The van der Waals surface area contributed by atoms with E-state index in [1.54, 1.807) is 21.9 Å². The van der Waals surface area contributed by atoms with Crippen LogP contribution in [0.5, 0.6) is 0 Å². The summed E-state index contributed by atoms with van der Waals surface area (Å²) in [6, 6.07) is 0. The maximum absolute atomic E-state index is 11.5. The zero-order valence-corrected chi connectivity index (χ0v) is 12.5. The topological polar surface area (TPSA) is 70.7 Å². The Bertz CT molecular complexity index is 773. The molecule has 0 aliphatic heterocycles. The minimum Gasteiger partial charge on any atom is -0.476 e. The number of aryl methyl sites for hydroxylation is 1. The highest BCUT2D eigenvalue weighted by atomic mass is 32.1. The lowest BCUT2D eigenvalue weighted by Gasteiger charge is -2.15. The third-order valence-corrected chi connectivity index (χ3v) is 4.45. The molecule has 3 heterocycles.